The van der Waals surface area contributed by atoms with Crippen LogP contribution < -0.4 is 10.2 Å². The van der Waals surface area contributed by atoms with Crippen molar-refractivity contribution in [2.24, 2.45) is 5.92 Å². The molecule has 2 unspecified atom stereocenters. The smallest absolute Gasteiger partial charge is 0.224 e. The van der Waals surface area contributed by atoms with E-state index >= 15 is 0 Å². The maximum atomic E-state index is 12.8. The lowest BCUT2D eigenvalue weighted by Crippen LogP contribution is -2.46. The van der Waals surface area contributed by atoms with E-state index in [2.05, 4.69) is 69.7 Å². The fourth-order valence-electron chi connectivity index (χ4n) is 4.85. The second-order valence-corrected chi connectivity index (χ2v) is 9.46. The average molecular weight is 460 g/mol. The first-order valence-electron chi connectivity index (χ1n) is 11.8. The van der Waals surface area contributed by atoms with Crippen molar-refractivity contribution >= 4 is 23.2 Å². The van der Waals surface area contributed by atoms with E-state index in [4.69, 9.17) is 11.6 Å². The fraction of sp³-hybridized carbons (Fsp3) is 0.321. The first-order chi connectivity index (χ1) is 16.2. The Hall–Kier alpha value is -2.82. The van der Waals surface area contributed by atoms with Crippen LogP contribution in [0.25, 0.3) is 0 Å². The largest absolute Gasteiger partial charge is 0.369 e. The zero-order valence-corrected chi connectivity index (χ0v) is 19.5. The number of amides is 1. The van der Waals surface area contributed by atoms with Crippen LogP contribution in [0, 0.1) is 5.92 Å². The Morgan fingerprint density at radius 2 is 1.52 bits per heavy atom. The molecule has 2 aliphatic rings. The molecule has 0 bridgehead atoms. The molecule has 3 aromatic rings. The molecule has 0 radical (unpaired) electrons. The third kappa shape index (κ3) is 5.23. The summed E-state index contributed by atoms with van der Waals surface area (Å²) in [6.45, 7) is 5.64. The molecule has 0 spiro atoms. The number of rotatable bonds is 7. The molecule has 1 aliphatic carbocycles. The van der Waals surface area contributed by atoms with E-state index in [0.29, 0.717) is 6.54 Å². The van der Waals surface area contributed by atoms with Gasteiger partial charge < -0.3 is 10.2 Å². The van der Waals surface area contributed by atoms with Gasteiger partial charge in [0.25, 0.3) is 0 Å². The predicted octanol–water partition coefficient (Wildman–Crippen LogP) is 5.08. The highest BCUT2D eigenvalue weighted by Gasteiger charge is 2.44. The van der Waals surface area contributed by atoms with Crippen molar-refractivity contribution in [1.82, 2.24) is 10.2 Å². The molecule has 1 saturated heterocycles. The third-order valence-electron chi connectivity index (χ3n) is 6.89. The number of nitrogens with one attached hydrogen (secondary N) is 1. The van der Waals surface area contributed by atoms with Gasteiger partial charge in [-0.05, 0) is 47.2 Å². The monoisotopic (exact) mass is 459 g/mol. The number of para-hydroxylation sites is 1. The van der Waals surface area contributed by atoms with Crippen molar-refractivity contribution in [3.05, 3.63) is 101 Å². The maximum absolute atomic E-state index is 12.8. The molecule has 5 rings (SSSR count). The highest BCUT2D eigenvalue weighted by molar-refractivity contribution is 6.31. The van der Waals surface area contributed by atoms with E-state index in [1.54, 1.807) is 0 Å². The standard InChI is InChI=1S/C28H30ClN3O/c29-27-13-7-6-12-24(27)25-18-26(25)28(33)30-19-21-8-4-5-9-22(21)20-31-14-16-32(17-15-31)23-10-2-1-3-11-23/h1-13,25-26H,14-20H2,(H,30,33). The fourth-order valence-corrected chi connectivity index (χ4v) is 5.12. The number of piperazine rings is 1. The summed E-state index contributed by atoms with van der Waals surface area (Å²) < 4.78 is 0. The van der Waals surface area contributed by atoms with Gasteiger partial charge in [0.2, 0.25) is 5.91 Å². The average Bonchev–Trinajstić information content (AvgIpc) is 3.65. The molecular formula is C28H30ClN3O. The van der Waals surface area contributed by atoms with Gasteiger partial charge in [0.1, 0.15) is 0 Å². The van der Waals surface area contributed by atoms with Gasteiger partial charge in [-0.15, -0.1) is 0 Å². The van der Waals surface area contributed by atoms with Gasteiger partial charge in [0, 0.05) is 55.9 Å². The van der Waals surface area contributed by atoms with Gasteiger partial charge in [0.15, 0.2) is 0 Å². The van der Waals surface area contributed by atoms with Crippen LogP contribution in [0.2, 0.25) is 5.02 Å². The minimum absolute atomic E-state index is 0.0307. The van der Waals surface area contributed by atoms with Crippen molar-refractivity contribution in [3.63, 3.8) is 0 Å². The lowest BCUT2D eigenvalue weighted by atomic mass is 10.1. The first-order valence-corrected chi connectivity index (χ1v) is 12.2. The van der Waals surface area contributed by atoms with Crippen LogP contribution in [0.3, 0.4) is 0 Å². The van der Waals surface area contributed by atoms with Gasteiger partial charge >= 0.3 is 0 Å². The van der Waals surface area contributed by atoms with Gasteiger partial charge in [-0.1, -0.05) is 72.3 Å². The lowest BCUT2D eigenvalue weighted by molar-refractivity contribution is -0.122. The molecule has 1 saturated carbocycles. The summed E-state index contributed by atoms with van der Waals surface area (Å²) in [6, 6.07) is 27.0. The van der Waals surface area contributed by atoms with Crippen molar-refractivity contribution in [2.45, 2.75) is 25.4 Å². The number of halogens is 1. The van der Waals surface area contributed by atoms with Crippen LogP contribution >= 0.6 is 11.6 Å². The molecule has 1 aliphatic heterocycles. The summed E-state index contributed by atoms with van der Waals surface area (Å²) >= 11 is 6.32. The topological polar surface area (TPSA) is 35.6 Å². The number of carbonyl (C=O) groups excluding carboxylic acids is 1. The molecule has 170 valence electrons. The molecule has 5 heteroatoms. The summed E-state index contributed by atoms with van der Waals surface area (Å²) in [7, 11) is 0. The summed E-state index contributed by atoms with van der Waals surface area (Å²) in [6.07, 6.45) is 0.878. The predicted molar refractivity (Wildman–Crippen MR) is 135 cm³/mol. The number of benzene rings is 3. The molecule has 0 aromatic heterocycles. The summed E-state index contributed by atoms with van der Waals surface area (Å²) in [5, 5.41) is 3.94. The molecule has 1 N–H and O–H groups in total. The van der Waals surface area contributed by atoms with E-state index in [-0.39, 0.29) is 17.7 Å². The van der Waals surface area contributed by atoms with E-state index in [1.165, 1.54) is 16.8 Å². The number of nitrogens with zero attached hydrogens (tertiary/aromatic N) is 2. The van der Waals surface area contributed by atoms with Crippen LogP contribution in [0.4, 0.5) is 5.69 Å². The second kappa shape index (κ2) is 9.98. The number of carbonyl (C=O) groups is 1. The lowest BCUT2D eigenvalue weighted by Gasteiger charge is -2.36. The van der Waals surface area contributed by atoms with E-state index in [0.717, 1.165) is 49.7 Å². The Morgan fingerprint density at radius 1 is 0.848 bits per heavy atom. The molecule has 4 nitrogen and oxygen atoms in total. The summed E-state index contributed by atoms with van der Waals surface area (Å²) in [5.74, 6) is 0.407. The quantitative estimate of drug-likeness (QED) is 0.535. The Kier molecular flexibility index (Phi) is 6.65. The van der Waals surface area contributed by atoms with Crippen LogP contribution in [-0.2, 0) is 17.9 Å². The van der Waals surface area contributed by atoms with Crippen molar-refractivity contribution in [3.8, 4) is 0 Å². The Labute approximate surface area is 201 Å². The van der Waals surface area contributed by atoms with E-state index in [1.807, 2.05) is 24.3 Å². The van der Waals surface area contributed by atoms with E-state index < -0.39 is 0 Å². The molecule has 2 atom stereocenters. The molecule has 1 heterocycles. The van der Waals surface area contributed by atoms with Crippen LogP contribution in [0.1, 0.15) is 29.0 Å². The van der Waals surface area contributed by atoms with Crippen molar-refractivity contribution in [1.29, 1.82) is 0 Å². The van der Waals surface area contributed by atoms with E-state index in [9.17, 15) is 4.79 Å². The van der Waals surface area contributed by atoms with Crippen LogP contribution in [-0.4, -0.2) is 37.0 Å². The first kappa shape index (κ1) is 22.0. The maximum Gasteiger partial charge on any atom is 0.224 e. The Morgan fingerprint density at radius 3 is 2.27 bits per heavy atom. The highest BCUT2D eigenvalue weighted by Crippen LogP contribution is 2.49. The SMILES string of the molecule is O=C(NCc1ccccc1CN1CCN(c2ccccc2)CC1)C1CC1c1ccccc1Cl. The normalized spacial score (nSPS) is 20.5. The molecular weight excluding hydrogens is 430 g/mol. The number of hydrogen-bond acceptors (Lipinski definition) is 3. The summed E-state index contributed by atoms with van der Waals surface area (Å²) in [5.41, 5.74) is 4.89. The summed E-state index contributed by atoms with van der Waals surface area (Å²) in [4.78, 5) is 17.7. The Bertz CT molecular complexity index is 1100. The molecule has 3 aromatic carbocycles. The highest BCUT2D eigenvalue weighted by atomic mass is 35.5. The molecule has 1 amide bonds. The zero-order chi connectivity index (χ0) is 22.6. The minimum atomic E-state index is 0.0307. The van der Waals surface area contributed by atoms with Gasteiger partial charge in [-0.2, -0.15) is 0 Å². The minimum Gasteiger partial charge on any atom is -0.369 e. The second-order valence-electron chi connectivity index (χ2n) is 9.06. The van der Waals surface area contributed by atoms with Gasteiger partial charge in [-0.3, -0.25) is 9.69 Å². The Balaban J connectivity index is 1.14. The van der Waals surface area contributed by atoms with Crippen LogP contribution in [0.5, 0.6) is 0 Å². The third-order valence-corrected chi connectivity index (χ3v) is 7.24. The molecule has 2 fully saturated rings. The van der Waals surface area contributed by atoms with Crippen molar-refractivity contribution < 1.29 is 4.79 Å². The van der Waals surface area contributed by atoms with Gasteiger partial charge in [0.05, 0.1) is 0 Å². The zero-order valence-electron chi connectivity index (χ0n) is 18.8. The van der Waals surface area contributed by atoms with Gasteiger partial charge in [-0.25, -0.2) is 0 Å². The van der Waals surface area contributed by atoms with Crippen molar-refractivity contribution in [2.75, 3.05) is 31.1 Å². The number of hydrogen-bond donors (Lipinski definition) is 1. The molecule has 33 heavy (non-hydrogen) atoms. The number of anilines is 1. The van der Waals surface area contributed by atoms with Crippen LogP contribution in [0.15, 0.2) is 78.9 Å².